The third kappa shape index (κ3) is 5.52. The van der Waals surface area contributed by atoms with E-state index in [1.54, 1.807) is 24.3 Å². The molecule has 0 saturated heterocycles. The number of anilines is 1. The number of halogens is 1. The second-order valence-electron chi connectivity index (χ2n) is 5.38. The highest BCUT2D eigenvalue weighted by molar-refractivity contribution is 9.10. The number of unbranched alkanes of at least 4 members (excludes halogenated alkanes) is 2. The molecular weight excluding hydrogens is 402 g/mol. The minimum absolute atomic E-state index is 0.168. The van der Waals surface area contributed by atoms with Crippen molar-refractivity contribution in [2.24, 2.45) is 0 Å². The molecular formula is C19H20BrNO3S. The van der Waals surface area contributed by atoms with Gasteiger partial charge in [0, 0.05) is 16.5 Å². The van der Waals surface area contributed by atoms with Gasteiger partial charge in [0.15, 0.2) is 0 Å². The van der Waals surface area contributed by atoms with Crippen LogP contribution in [0.2, 0.25) is 0 Å². The minimum atomic E-state index is -3.70. The van der Waals surface area contributed by atoms with Gasteiger partial charge < -0.3 is 4.74 Å². The molecule has 0 saturated carbocycles. The summed E-state index contributed by atoms with van der Waals surface area (Å²) in [6, 6.07) is 11.5. The minimum Gasteiger partial charge on any atom is -0.497 e. The number of hydrogen-bond donors (Lipinski definition) is 1. The van der Waals surface area contributed by atoms with Gasteiger partial charge in [-0.05, 0) is 48.9 Å². The molecule has 1 N–H and O–H groups in total. The first-order chi connectivity index (χ1) is 12.0. The van der Waals surface area contributed by atoms with Crippen molar-refractivity contribution in [1.29, 1.82) is 0 Å². The van der Waals surface area contributed by atoms with Crippen molar-refractivity contribution in [3.63, 3.8) is 0 Å². The first-order valence-corrected chi connectivity index (χ1v) is 10.2. The number of ether oxygens (including phenoxy) is 1. The predicted octanol–water partition coefficient (Wildman–Crippen LogP) is 4.80. The van der Waals surface area contributed by atoms with E-state index in [1.807, 2.05) is 6.07 Å². The van der Waals surface area contributed by atoms with Crippen LogP contribution in [0.15, 0.2) is 51.8 Å². The fourth-order valence-corrected chi connectivity index (χ4v) is 3.53. The molecule has 0 fully saturated rings. The first-order valence-electron chi connectivity index (χ1n) is 7.91. The Morgan fingerprint density at radius 1 is 1.16 bits per heavy atom. The van der Waals surface area contributed by atoms with Crippen LogP contribution in [0, 0.1) is 11.8 Å². The van der Waals surface area contributed by atoms with Crippen LogP contribution >= 0.6 is 15.9 Å². The van der Waals surface area contributed by atoms with Crippen molar-refractivity contribution in [3.05, 3.63) is 52.5 Å². The van der Waals surface area contributed by atoms with Crippen molar-refractivity contribution in [3.8, 4) is 17.6 Å². The summed E-state index contributed by atoms with van der Waals surface area (Å²) in [7, 11) is -2.16. The Bertz CT molecular complexity index is 881. The highest BCUT2D eigenvalue weighted by Gasteiger charge is 2.16. The van der Waals surface area contributed by atoms with E-state index in [-0.39, 0.29) is 4.90 Å². The molecule has 0 heterocycles. The smallest absolute Gasteiger partial charge is 0.261 e. The zero-order valence-corrected chi connectivity index (χ0v) is 16.6. The molecule has 6 heteroatoms. The van der Waals surface area contributed by atoms with Gasteiger partial charge in [0.1, 0.15) is 5.75 Å². The Balaban J connectivity index is 2.29. The SMILES string of the molecule is CCCCC#Cc1cc(Br)ccc1NS(=O)(=O)c1ccc(OC)cc1. The fourth-order valence-electron chi connectivity index (χ4n) is 2.09. The molecule has 0 aliphatic carbocycles. The van der Waals surface area contributed by atoms with Crippen LogP contribution in [0.25, 0.3) is 0 Å². The maximum Gasteiger partial charge on any atom is 0.261 e. The highest BCUT2D eigenvalue weighted by Crippen LogP contribution is 2.24. The van der Waals surface area contributed by atoms with Crippen molar-refractivity contribution in [2.75, 3.05) is 11.8 Å². The lowest BCUT2D eigenvalue weighted by Gasteiger charge is -2.11. The van der Waals surface area contributed by atoms with Crippen molar-refractivity contribution in [2.45, 2.75) is 31.1 Å². The maximum atomic E-state index is 12.6. The van der Waals surface area contributed by atoms with Gasteiger partial charge in [-0.3, -0.25) is 4.72 Å². The largest absolute Gasteiger partial charge is 0.497 e. The van der Waals surface area contributed by atoms with Crippen molar-refractivity contribution in [1.82, 2.24) is 0 Å². The van der Waals surface area contributed by atoms with Crippen LogP contribution in [-0.2, 0) is 10.0 Å². The Morgan fingerprint density at radius 2 is 1.88 bits per heavy atom. The third-order valence-corrected chi connectivity index (χ3v) is 5.35. The van der Waals surface area contributed by atoms with Gasteiger partial charge >= 0.3 is 0 Å². The van der Waals surface area contributed by atoms with E-state index in [9.17, 15) is 8.42 Å². The Hall–Kier alpha value is -1.97. The summed E-state index contributed by atoms with van der Waals surface area (Å²) in [5.41, 5.74) is 1.10. The molecule has 0 unspecified atom stereocenters. The quantitative estimate of drug-likeness (QED) is 0.538. The second kappa shape index (κ2) is 8.93. The Kier molecular flexibility index (Phi) is 6.91. The van der Waals surface area contributed by atoms with E-state index in [1.165, 1.54) is 19.2 Å². The van der Waals surface area contributed by atoms with E-state index in [0.29, 0.717) is 17.0 Å². The Labute approximate surface area is 157 Å². The lowest BCUT2D eigenvalue weighted by Crippen LogP contribution is -2.13. The molecule has 0 bridgehead atoms. The summed E-state index contributed by atoms with van der Waals surface area (Å²) in [5.74, 6) is 6.74. The lowest BCUT2D eigenvalue weighted by atomic mass is 10.1. The fraction of sp³-hybridized carbons (Fsp3) is 0.263. The number of benzene rings is 2. The molecule has 2 aromatic carbocycles. The topological polar surface area (TPSA) is 55.4 Å². The molecule has 4 nitrogen and oxygen atoms in total. The van der Waals surface area contributed by atoms with Gasteiger partial charge in [-0.15, -0.1) is 0 Å². The molecule has 0 amide bonds. The summed E-state index contributed by atoms with van der Waals surface area (Å²) < 4.78 is 33.7. The summed E-state index contributed by atoms with van der Waals surface area (Å²) in [6.45, 7) is 2.11. The molecule has 0 atom stereocenters. The summed E-state index contributed by atoms with van der Waals surface area (Å²) in [5, 5.41) is 0. The number of hydrogen-bond acceptors (Lipinski definition) is 3. The van der Waals surface area contributed by atoms with E-state index >= 15 is 0 Å². The second-order valence-corrected chi connectivity index (χ2v) is 7.97. The monoisotopic (exact) mass is 421 g/mol. The summed E-state index contributed by atoms with van der Waals surface area (Å²) in [4.78, 5) is 0.168. The molecule has 0 radical (unpaired) electrons. The highest BCUT2D eigenvalue weighted by atomic mass is 79.9. The zero-order valence-electron chi connectivity index (χ0n) is 14.2. The normalized spacial score (nSPS) is 10.7. The van der Waals surface area contributed by atoms with Crippen LogP contribution in [0.1, 0.15) is 31.7 Å². The number of sulfonamides is 1. The predicted molar refractivity (Wildman–Crippen MR) is 104 cm³/mol. The van der Waals surface area contributed by atoms with E-state index in [4.69, 9.17) is 4.74 Å². The standard InChI is InChI=1S/C19H20BrNO3S/c1-3-4-5-6-7-15-14-16(20)8-13-19(15)21-25(22,23)18-11-9-17(24-2)10-12-18/h8-14,21H,3-5H2,1-2H3. The number of rotatable bonds is 6. The zero-order chi connectivity index (χ0) is 18.3. The van der Waals surface area contributed by atoms with Crippen molar-refractivity contribution < 1.29 is 13.2 Å². The van der Waals surface area contributed by atoms with E-state index < -0.39 is 10.0 Å². The molecule has 0 aromatic heterocycles. The summed E-state index contributed by atoms with van der Waals surface area (Å²) in [6.07, 6.45) is 2.88. The molecule has 132 valence electrons. The molecule has 2 aromatic rings. The average molecular weight is 422 g/mol. The van der Waals surface area contributed by atoms with E-state index in [0.717, 1.165) is 23.7 Å². The van der Waals surface area contributed by atoms with Gasteiger partial charge in [0.25, 0.3) is 10.0 Å². The van der Waals surface area contributed by atoms with Crippen LogP contribution < -0.4 is 9.46 Å². The third-order valence-electron chi connectivity index (χ3n) is 3.47. The molecule has 0 spiro atoms. The molecule has 25 heavy (non-hydrogen) atoms. The lowest BCUT2D eigenvalue weighted by molar-refractivity contribution is 0.414. The average Bonchev–Trinajstić information content (AvgIpc) is 2.61. The van der Waals surface area contributed by atoms with Gasteiger partial charge in [0.2, 0.25) is 0 Å². The van der Waals surface area contributed by atoms with Gasteiger partial charge in [-0.25, -0.2) is 8.42 Å². The summed E-state index contributed by atoms with van der Waals surface area (Å²) >= 11 is 3.40. The van der Waals surface area contributed by atoms with Crippen LogP contribution in [0.5, 0.6) is 5.75 Å². The first kappa shape index (κ1) is 19.4. The van der Waals surface area contributed by atoms with Gasteiger partial charge in [0.05, 0.1) is 17.7 Å². The molecule has 0 aliphatic rings. The number of methoxy groups -OCH3 is 1. The van der Waals surface area contributed by atoms with Crippen molar-refractivity contribution >= 4 is 31.6 Å². The van der Waals surface area contributed by atoms with Crippen LogP contribution in [-0.4, -0.2) is 15.5 Å². The van der Waals surface area contributed by atoms with Crippen LogP contribution in [0.3, 0.4) is 0 Å². The van der Waals surface area contributed by atoms with Crippen LogP contribution in [0.4, 0.5) is 5.69 Å². The number of nitrogens with one attached hydrogen (secondary N) is 1. The van der Waals surface area contributed by atoms with Gasteiger partial charge in [-0.2, -0.15) is 0 Å². The molecule has 2 rings (SSSR count). The van der Waals surface area contributed by atoms with E-state index in [2.05, 4.69) is 39.4 Å². The maximum absolute atomic E-state index is 12.6. The van der Waals surface area contributed by atoms with Gasteiger partial charge in [-0.1, -0.05) is 41.1 Å². The molecule has 0 aliphatic heterocycles. The Morgan fingerprint density at radius 3 is 2.52 bits per heavy atom.